The lowest BCUT2D eigenvalue weighted by molar-refractivity contribution is 0.342. The van der Waals surface area contributed by atoms with Crippen molar-refractivity contribution >= 4 is 23.0 Å². The first-order valence-electron chi connectivity index (χ1n) is 8.45. The van der Waals surface area contributed by atoms with Crippen LogP contribution in [-0.2, 0) is 5.54 Å². The monoisotopic (exact) mass is 341 g/mol. The van der Waals surface area contributed by atoms with Gasteiger partial charge in [0.15, 0.2) is 5.11 Å². The number of hydrogen-bond acceptors (Lipinski definition) is 3. The Balaban J connectivity index is 1.76. The van der Waals surface area contributed by atoms with E-state index in [1.807, 2.05) is 43.6 Å². The number of anilines is 1. The second-order valence-electron chi connectivity index (χ2n) is 6.03. The summed E-state index contributed by atoms with van der Waals surface area (Å²) < 4.78 is 5.66. The van der Waals surface area contributed by atoms with Crippen molar-refractivity contribution < 1.29 is 4.74 Å². The number of para-hydroxylation sites is 2. The normalized spacial score (nSPS) is 15.7. The van der Waals surface area contributed by atoms with Crippen LogP contribution in [0.15, 0.2) is 48.8 Å². The average molecular weight is 341 g/mol. The van der Waals surface area contributed by atoms with Gasteiger partial charge in [0.2, 0.25) is 0 Å². The van der Waals surface area contributed by atoms with Gasteiger partial charge >= 0.3 is 0 Å². The molecular formula is C19H23N3OS. The van der Waals surface area contributed by atoms with E-state index in [9.17, 15) is 0 Å². The Morgan fingerprint density at radius 2 is 1.88 bits per heavy atom. The molecule has 0 radical (unpaired) electrons. The molecule has 4 nitrogen and oxygen atoms in total. The lowest BCUT2D eigenvalue weighted by atomic mass is 9.89. The van der Waals surface area contributed by atoms with Crippen LogP contribution in [0, 0.1) is 0 Å². The Morgan fingerprint density at radius 3 is 2.58 bits per heavy atom. The molecule has 24 heavy (non-hydrogen) atoms. The number of benzene rings is 1. The molecule has 0 spiro atoms. The Bertz CT molecular complexity index is 684. The van der Waals surface area contributed by atoms with Crippen molar-refractivity contribution in [3.63, 3.8) is 0 Å². The third-order valence-corrected chi connectivity index (χ3v) is 4.68. The van der Waals surface area contributed by atoms with Gasteiger partial charge < -0.3 is 15.4 Å². The molecule has 1 heterocycles. The number of nitrogens with zero attached hydrogens (tertiary/aromatic N) is 1. The maximum Gasteiger partial charge on any atom is 0.171 e. The van der Waals surface area contributed by atoms with E-state index in [1.165, 1.54) is 18.4 Å². The van der Waals surface area contributed by atoms with Gasteiger partial charge in [-0.05, 0) is 61.8 Å². The summed E-state index contributed by atoms with van der Waals surface area (Å²) in [4.78, 5) is 4.13. The molecule has 0 atom stereocenters. The van der Waals surface area contributed by atoms with Crippen molar-refractivity contribution in [1.29, 1.82) is 0 Å². The van der Waals surface area contributed by atoms with Crippen molar-refractivity contribution in [2.45, 2.75) is 38.1 Å². The largest absolute Gasteiger partial charge is 0.492 e. The minimum atomic E-state index is -0.104. The molecule has 1 aliphatic rings. The van der Waals surface area contributed by atoms with Crippen molar-refractivity contribution in [1.82, 2.24) is 10.3 Å². The highest BCUT2D eigenvalue weighted by molar-refractivity contribution is 7.80. The van der Waals surface area contributed by atoms with Crippen LogP contribution < -0.4 is 15.4 Å². The van der Waals surface area contributed by atoms with Crippen LogP contribution in [-0.4, -0.2) is 16.7 Å². The van der Waals surface area contributed by atoms with Gasteiger partial charge in [0.1, 0.15) is 5.75 Å². The predicted molar refractivity (Wildman–Crippen MR) is 101 cm³/mol. The molecule has 1 aromatic carbocycles. The fraction of sp³-hybridized carbons (Fsp3) is 0.368. The third kappa shape index (κ3) is 3.67. The highest BCUT2D eigenvalue weighted by atomic mass is 32.1. The number of rotatable bonds is 5. The molecule has 2 aromatic rings. The molecule has 1 fully saturated rings. The van der Waals surface area contributed by atoms with Gasteiger partial charge in [-0.1, -0.05) is 25.0 Å². The van der Waals surface area contributed by atoms with E-state index >= 15 is 0 Å². The highest BCUT2D eigenvalue weighted by Gasteiger charge is 2.36. The van der Waals surface area contributed by atoms with E-state index in [-0.39, 0.29) is 5.54 Å². The highest BCUT2D eigenvalue weighted by Crippen LogP contribution is 2.38. The second-order valence-corrected chi connectivity index (χ2v) is 6.44. The number of pyridine rings is 1. The van der Waals surface area contributed by atoms with E-state index in [4.69, 9.17) is 17.0 Å². The number of thiocarbonyl (C=S) groups is 1. The minimum absolute atomic E-state index is 0.104. The molecule has 5 heteroatoms. The zero-order valence-electron chi connectivity index (χ0n) is 13.9. The minimum Gasteiger partial charge on any atom is -0.492 e. The van der Waals surface area contributed by atoms with Crippen LogP contribution in [0.1, 0.15) is 38.2 Å². The van der Waals surface area contributed by atoms with E-state index in [2.05, 4.69) is 27.8 Å². The van der Waals surface area contributed by atoms with Crippen LogP contribution in [0.2, 0.25) is 0 Å². The molecular weight excluding hydrogens is 318 g/mol. The van der Waals surface area contributed by atoms with Gasteiger partial charge in [-0.25, -0.2) is 0 Å². The molecule has 2 N–H and O–H groups in total. The van der Waals surface area contributed by atoms with Gasteiger partial charge in [0, 0.05) is 12.4 Å². The van der Waals surface area contributed by atoms with Gasteiger partial charge in [0.25, 0.3) is 0 Å². The van der Waals surface area contributed by atoms with Crippen LogP contribution in [0.25, 0.3) is 0 Å². The maximum absolute atomic E-state index is 5.66. The van der Waals surface area contributed by atoms with E-state index < -0.39 is 0 Å². The maximum atomic E-state index is 5.66. The Labute approximate surface area is 148 Å². The number of hydrogen-bond donors (Lipinski definition) is 2. The molecule has 3 rings (SSSR count). The smallest absolute Gasteiger partial charge is 0.171 e. The molecule has 126 valence electrons. The first kappa shape index (κ1) is 16.7. The SMILES string of the molecule is CCOc1ccccc1NC(=S)NC1(c2ccncc2)CCCC1. The molecule has 1 aromatic heterocycles. The van der Waals surface area contributed by atoms with Gasteiger partial charge in [-0.15, -0.1) is 0 Å². The van der Waals surface area contributed by atoms with Crippen LogP contribution >= 0.6 is 12.2 Å². The average Bonchev–Trinajstić information content (AvgIpc) is 3.07. The quantitative estimate of drug-likeness (QED) is 0.797. The zero-order chi connectivity index (χ0) is 16.8. The molecule has 0 aliphatic heterocycles. The first-order chi connectivity index (χ1) is 11.7. The summed E-state index contributed by atoms with van der Waals surface area (Å²) in [6.45, 7) is 2.60. The Morgan fingerprint density at radius 1 is 1.17 bits per heavy atom. The third-order valence-electron chi connectivity index (χ3n) is 4.48. The second kappa shape index (κ2) is 7.62. The summed E-state index contributed by atoms with van der Waals surface area (Å²) in [5.41, 5.74) is 2.03. The fourth-order valence-electron chi connectivity index (χ4n) is 3.36. The summed E-state index contributed by atoms with van der Waals surface area (Å²) >= 11 is 5.59. The van der Waals surface area contributed by atoms with Crippen LogP contribution in [0.4, 0.5) is 5.69 Å². The zero-order valence-corrected chi connectivity index (χ0v) is 14.7. The summed E-state index contributed by atoms with van der Waals surface area (Å²) in [6, 6.07) is 12.0. The number of ether oxygens (including phenoxy) is 1. The standard InChI is InChI=1S/C19H23N3OS/c1-2-23-17-8-4-3-7-16(17)21-18(24)22-19(11-5-6-12-19)15-9-13-20-14-10-15/h3-4,7-10,13-14H,2,5-6,11-12H2,1H3,(H2,21,22,24). The molecule has 1 saturated carbocycles. The van der Waals surface area contributed by atoms with Crippen LogP contribution in [0.5, 0.6) is 5.75 Å². The van der Waals surface area contributed by atoms with E-state index in [0.717, 1.165) is 24.3 Å². The van der Waals surface area contributed by atoms with Crippen molar-refractivity contribution in [3.05, 3.63) is 54.4 Å². The topological polar surface area (TPSA) is 46.2 Å². The molecule has 0 amide bonds. The predicted octanol–water partition coefficient (Wildman–Crippen LogP) is 4.24. The summed E-state index contributed by atoms with van der Waals surface area (Å²) in [6.07, 6.45) is 8.24. The van der Waals surface area contributed by atoms with Crippen molar-refractivity contribution in [2.24, 2.45) is 0 Å². The molecule has 0 bridgehead atoms. The van der Waals surface area contributed by atoms with Gasteiger partial charge in [0.05, 0.1) is 17.8 Å². The van der Waals surface area contributed by atoms with Crippen molar-refractivity contribution in [3.8, 4) is 5.75 Å². The van der Waals surface area contributed by atoms with E-state index in [0.29, 0.717) is 11.7 Å². The molecule has 0 unspecified atom stereocenters. The Hall–Kier alpha value is -2.14. The number of aromatic nitrogens is 1. The summed E-state index contributed by atoms with van der Waals surface area (Å²) in [5, 5.41) is 7.49. The fourth-order valence-corrected chi connectivity index (χ4v) is 3.66. The Kier molecular flexibility index (Phi) is 5.30. The molecule has 0 saturated heterocycles. The first-order valence-corrected chi connectivity index (χ1v) is 8.86. The summed E-state index contributed by atoms with van der Waals surface area (Å²) in [5.74, 6) is 0.813. The lowest BCUT2D eigenvalue weighted by Crippen LogP contribution is -2.45. The van der Waals surface area contributed by atoms with Gasteiger partial charge in [-0.3, -0.25) is 4.98 Å². The van der Waals surface area contributed by atoms with Crippen LogP contribution in [0.3, 0.4) is 0 Å². The number of nitrogens with one attached hydrogen (secondary N) is 2. The van der Waals surface area contributed by atoms with Gasteiger partial charge in [-0.2, -0.15) is 0 Å². The van der Waals surface area contributed by atoms with E-state index in [1.54, 1.807) is 0 Å². The molecule has 1 aliphatic carbocycles. The summed E-state index contributed by atoms with van der Waals surface area (Å²) in [7, 11) is 0. The van der Waals surface area contributed by atoms with Crippen molar-refractivity contribution in [2.75, 3.05) is 11.9 Å². The lowest BCUT2D eigenvalue weighted by Gasteiger charge is -2.32.